The van der Waals surface area contributed by atoms with E-state index in [-0.39, 0.29) is 0 Å². The molecule has 0 aromatic rings. The molecule has 1 atom stereocenters. The first-order valence-corrected chi connectivity index (χ1v) is 5.11. The van der Waals surface area contributed by atoms with Gasteiger partial charge in [-0.05, 0) is 19.7 Å². The highest BCUT2D eigenvalue weighted by atomic mass is 32.2. The first kappa shape index (κ1) is 8.04. The van der Waals surface area contributed by atoms with Crippen molar-refractivity contribution in [3.8, 4) is 0 Å². The van der Waals surface area contributed by atoms with Crippen molar-refractivity contribution < 1.29 is 4.21 Å². The molecule has 0 saturated carbocycles. The average molecular weight is 162 g/mol. The van der Waals surface area contributed by atoms with E-state index in [0.717, 1.165) is 13.1 Å². The summed E-state index contributed by atoms with van der Waals surface area (Å²) in [6.07, 6.45) is 0. The van der Waals surface area contributed by atoms with Gasteiger partial charge in [0.25, 0.3) is 0 Å². The van der Waals surface area contributed by atoms with E-state index in [4.69, 9.17) is 0 Å². The zero-order valence-electron chi connectivity index (χ0n) is 6.46. The van der Waals surface area contributed by atoms with E-state index >= 15 is 0 Å². The third kappa shape index (κ3) is 1.33. The maximum Gasteiger partial charge on any atom is 0.0880 e. The van der Waals surface area contributed by atoms with Gasteiger partial charge in [0.2, 0.25) is 0 Å². The van der Waals surface area contributed by atoms with Crippen LogP contribution in [0.1, 0.15) is 13.8 Å². The largest absolute Gasteiger partial charge is 0.237 e. The molecule has 4 heteroatoms. The molecule has 0 amide bonds. The highest BCUT2D eigenvalue weighted by Gasteiger charge is 2.23. The lowest BCUT2D eigenvalue weighted by Crippen LogP contribution is -2.34. The molecule has 1 rings (SSSR count). The Morgan fingerprint density at radius 3 is 2.50 bits per heavy atom. The third-order valence-corrected chi connectivity index (χ3v) is 3.63. The lowest BCUT2D eigenvalue weighted by atomic mass is 10.4. The van der Waals surface area contributed by atoms with E-state index < -0.39 is 9.89 Å². The number of nitrogens with one attached hydrogen (secondary N) is 1. The van der Waals surface area contributed by atoms with E-state index in [0.29, 0.717) is 6.04 Å². The van der Waals surface area contributed by atoms with E-state index in [1.807, 2.05) is 18.2 Å². The van der Waals surface area contributed by atoms with E-state index in [9.17, 15) is 4.21 Å². The van der Waals surface area contributed by atoms with Crippen molar-refractivity contribution in [3.63, 3.8) is 0 Å². The van der Waals surface area contributed by atoms with Crippen molar-refractivity contribution >= 4 is 15.8 Å². The molecule has 0 aliphatic carbocycles. The van der Waals surface area contributed by atoms with Gasteiger partial charge in [0, 0.05) is 19.1 Å². The van der Waals surface area contributed by atoms with Crippen LogP contribution >= 0.6 is 0 Å². The Hall–Kier alpha value is -0.0600. The van der Waals surface area contributed by atoms with Crippen LogP contribution in [0.25, 0.3) is 0 Å². The topological polar surface area (TPSA) is 32.3 Å². The van der Waals surface area contributed by atoms with Crippen molar-refractivity contribution in [3.05, 3.63) is 0 Å². The number of hydrogen-bond acceptors (Lipinski definition) is 1. The van der Waals surface area contributed by atoms with Crippen LogP contribution in [0.3, 0.4) is 0 Å². The van der Waals surface area contributed by atoms with Crippen molar-refractivity contribution in [2.45, 2.75) is 19.9 Å². The molecular weight excluding hydrogens is 148 g/mol. The molecule has 10 heavy (non-hydrogen) atoms. The molecule has 1 aliphatic heterocycles. The van der Waals surface area contributed by atoms with Gasteiger partial charge in [-0.1, -0.05) is 0 Å². The number of rotatable bonds is 1. The van der Waals surface area contributed by atoms with E-state index in [1.54, 1.807) is 0 Å². The van der Waals surface area contributed by atoms with Gasteiger partial charge in [0.05, 0.1) is 9.89 Å². The van der Waals surface area contributed by atoms with Gasteiger partial charge >= 0.3 is 0 Å². The number of nitrogens with zero attached hydrogens (tertiary/aromatic N) is 1. The quantitative estimate of drug-likeness (QED) is 0.534. The Morgan fingerprint density at radius 1 is 1.70 bits per heavy atom. The lowest BCUT2D eigenvalue weighted by molar-refractivity contribution is 0.407. The highest BCUT2D eigenvalue weighted by Crippen LogP contribution is 2.08. The standard InChI is InChI=1S/C6H14N2OS/c1-6(2)8-5-4-7-10(8,3)9/h6H,3-5H2,1-2H3,(H,7,9). The minimum atomic E-state index is -2.10. The summed E-state index contributed by atoms with van der Waals surface area (Å²) in [4.78, 5) is 0. The van der Waals surface area contributed by atoms with Gasteiger partial charge in [0.1, 0.15) is 0 Å². The monoisotopic (exact) mass is 162 g/mol. The maximum absolute atomic E-state index is 11.5. The summed E-state index contributed by atoms with van der Waals surface area (Å²) in [6.45, 7) is 5.69. The number of hydrogen-bond donors (Lipinski definition) is 1. The smallest absolute Gasteiger partial charge is 0.0880 e. The van der Waals surface area contributed by atoms with Gasteiger partial charge in [-0.2, -0.15) is 0 Å². The van der Waals surface area contributed by atoms with E-state index in [2.05, 4.69) is 10.6 Å². The van der Waals surface area contributed by atoms with Gasteiger partial charge in [-0.25, -0.2) is 13.2 Å². The van der Waals surface area contributed by atoms with Crippen LogP contribution in [0.4, 0.5) is 0 Å². The molecule has 1 aliphatic rings. The van der Waals surface area contributed by atoms with Gasteiger partial charge in [-0.3, -0.25) is 0 Å². The molecule has 0 spiro atoms. The molecule has 1 fully saturated rings. The Balaban J connectivity index is 2.79. The molecule has 0 bridgehead atoms. The molecule has 1 unspecified atom stereocenters. The zero-order valence-corrected chi connectivity index (χ0v) is 7.28. The normalized spacial score (nSPS) is 35.5. The second-order valence-corrected chi connectivity index (χ2v) is 4.81. The second-order valence-electron chi connectivity index (χ2n) is 2.77. The fourth-order valence-corrected chi connectivity index (χ4v) is 2.79. The molecule has 1 heterocycles. The van der Waals surface area contributed by atoms with Crippen LogP contribution in [-0.4, -0.2) is 33.5 Å². The summed E-state index contributed by atoms with van der Waals surface area (Å²) in [7, 11) is -2.10. The molecule has 0 aromatic carbocycles. The van der Waals surface area contributed by atoms with E-state index in [1.165, 1.54) is 0 Å². The van der Waals surface area contributed by atoms with Crippen molar-refractivity contribution in [2.75, 3.05) is 13.1 Å². The van der Waals surface area contributed by atoms with Gasteiger partial charge in [0.15, 0.2) is 0 Å². The fourth-order valence-electron chi connectivity index (χ4n) is 1.14. The molecule has 0 radical (unpaired) electrons. The predicted molar refractivity (Wildman–Crippen MR) is 45.1 cm³/mol. The lowest BCUT2D eigenvalue weighted by Gasteiger charge is -2.20. The summed E-state index contributed by atoms with van der Waals surface area (Å²) < 4.78 is 16.2. The summed E-state index contributed by atoms with van der Waals surface area (Å²) in [5.41, 5.74) is 0. The summed E-state index contributed by atoms with van der Waals surface area (Å²) in [5.74, 6) is 3.61. The molecule has 0 aromatic heterocycles. The summed E-state index contributed by atoms with van der Waals surface area (Å²) in [5, 5.41) is 0. The summed E-state index contributed by atoms with van der Waals surface area (Å²) >= 11 is 0. The maximum atomic E-state index is 11.5. The highest BCUT2D eigenvalue weighted by molar-refractivity contribution is 7.96. The average Bonchev–Trinajstić information content (AvgIpc) is 2.08. The Labute approximate surface area is 62.7 Å². The minimum absolute atomic E-state index is 0.319. The molecule has 1 N–H and O–H groups in total. The Bertz CT molecular complexity index is 208. The molecule has 3 nitrogen and oxygen atoms in total. The van der Waals surface area contributed by atoms with Crippen LogP contribution in [0.15, 0.2) is 0 Å². The van der Waals surface area contributed by atoms with Crippen molar-refractivity contribution in [1.29, 1.82) is 0 Å². The van der Waals surface area contributed by atoms with Crippen LogP contribution in [-0.2, 0) is 9.89 Å². The molecule has 1 saturated heterocycles. The Kier molecular flexibility index (Phi) is 2.03. The fraction of sp³-hybridized carbons (Fsp3) is 0.833. The SMILES string of the molecule is C=S1(=O)NCCN1C(C)C. The minimum Gasteiger partial charge on any atom is -0.237 e. The second kappa shape index (κ2) is 2.53. The van der Waals surface area contributed by atoms with Crippen LogP contribution in [0, 0.1) is 0 Å². The first-order valence-electron chi connectivity index (χ1n) is 3.42. The predicted octanol–water partition coefficient (Wildman–Crippen LogP) is -0.154. The zero-order chi connectivity index (χ0) is 7.78. The third-order valence-electron chi connectivity index (χ3n) is 1.61. The van der Waals surface area contributed by atoms with Crippen molar-refractivity contribution in [1.82, 2.24) is 9.03 Å². The molecule has 60 valence electrons. The van der Waals surface area contributed by atoms with Crippen molar-refractivity contribution in [2.24, 2.45) is 0 Å². The van der Waals surface area contributed by atoms with Gasteiger partial charge < -0.3 is 0 Å². The van der Waals surface area contributed by atoms with Gasteiger partial charge in [-0.15, -0.1) is 0 Å². The summed E-state index contributed by atoms with van der Waals surface area (Å²) in [6, 6.07) is 0.319. The van der Waals surface area contributed by atoms with Crippen LogP contribution < -0.4 is 4.72 Å². The first-order chi connectivity index (χ1) is 4.54. The Morgan fingerprint density at radius 2 is 2.30 bits per heavy atom. The molecular formula is C6H14N2OS. The van der Waals surface area contributed by atoms with Crippen LogP contribution in [0.2, 0.25) is 0 Å². The van der Waals surface area contributed by atoms with Crippen LogP contribution in [0.5, 0.6) is 0 Å².